The van der Waals surface area contributed by atoms with Crippen LogP contribution in [0.4, 0.5) is 0 Å². The van der Waals surface area contributed by atoms with Crippen LogP contribution in [0.15, 0.2) is 0 Å². The summed E-state index contributed by atoms with van der Waals surface area (Å²) in [7, 11) is 0. The predicted molar refractivity (Wildman–Crippen MR) is 87.3 cm³/mol. The third-order valence-corrected chi connectivity index (χ3v) is 5.84. The molecule has 4 atom stereocenters. The van der Waals surface area contributed by atoms with Crippen LogP contribution < -0.4 is 5.32 Å². The van der Waals surface area contributed by atoms with Gasteiger partial charge in [0.2, 0.25) is 11.8 Å². The van der Waals surface area contributed by atoms with Gasteiger partial charge in [-0.2, -0.15) is 11.8 Å². The van der Waals surface area contributed by atoms with Crippen LogP contribution in [0.5, 0.6) is 0 Å². The van der Waals surface area contributed by atoms with Gasteiger partial charge in [0.25, 0.3) is 0 Å². The molecule has 1 aliphatic carbocycles. The molecule has 120 valence electrons. The highest BCUT2D eigenvalue weighted by molar-refractivity contribution is 7.99. The molecule has 0 radical (unpaired) electrons. The van der Waals surface area contributed by atoms with Crippen LogP contribution in [-0.4, -0.2) is 45.8 Å². The highest BCUT2D eigenvalue weighted by Crippen LogP contribution is 2.35. The largest absolute Gasteiger partial charge is 0.343 e. The Morgan fingerprint density at radius 1 is 1.33 bits per heavy atom. The highest BCUT2D eigenvalue weighted by Gasteiger charge is 2.45. The number of piperazine rings is 1. The smallest absolute Gasteiger partial charge is 0.246 e. The van der Waals surface area contributed by atoms with Crippen molar-refractivity contribution in [1.82, 2.24) is 10.2 Å². The van der Waals surface area contributed by atoms with E-state index in [1.165, 1.54) is 0 Å². The molecule has 1 saturated heterocycles. The summed E-state index contributed by atoms with van der Waals surface area (Å²) in [6, 6.07) is -0.427. The van der Waals surface area contributed by atoms with Crippen molar-refractivity contribution in [2.45, 2.75) is 76.8 Å². The number of thioether (sulfide) groups is 1. The number of rotatable bonds is 5. The maximum atomic E-state index is 12.9. The third kappa shape index (κ3) is 3.55. The fourth-order valence-electron chi connectivity index (χ4n) is 3.57. The van der Waals surface area contributed by atoms with Crippen LogP contribution in [0.2, 0.25) is 0 Å². The van der Waals surface area contributed by atoms with Gasteiger partial charge >= 0.3 is 0 Å². The van der Waals surface area contributed by atoms with E-state index in [1.54, 1.807) is 0 Å². The number of hydrogen-bond donors (Lipinski definition) is 1. The monoisotopic (exact) mass is 312 g/mol. The molecule has 0 aromatic rings. The fraction of sp³-hybridized carbons (Fsp3) is 0.875. The molecule has 1 N–H and O–H groups in total. The summed E-state index contributed by atoms with van der Waals surface area (Å²) in [5, 5.41) is 3.40. The van der Waals surface area contributed by atoms with E-state index < -0.39 is 0 Å². The average molecular weight is 312 g/mol. The van der Waals surface area contributed by atoms with Crippen molar-refractivity contribution in [1.29, 1.82) is 0 Å². The van der Waals surface area contributed by atoms with Gasteiger partial charge in [-0.15, -0.1) is 0 Å². The Hall–Kier alpha value is -0.710. The third-order valence-electron chi connectivity index (χ3n) is 4.53. The van der Waals surface area contributed by atoms with Gasteiger partial charge in [0.15, 0.2) is 0 Å². The minimum absolute atomic E-state index is 0.00685. The van der Waals surface area contributed by atoms with Crippen LogP contribution in [0.1, 0.15) is 53.4 Å². The van der Waals surface area contributed by atoms with E-state index in [1.807, 2.05) is 23.6 Å². The Labute approximate surface area is 132 Å². The van der Waals surface area contributed by atoms with Crippen molar-refractivity contribution in [3.05, 3.63) is 0 Å². The molecule has 0 spiro atoms. The fourth-order valence-corrected chi connectivity index (χ4v) is 4.82. The zero-order valence-electron chi connectivity index (χ0n) is 13.6. The van der Waals surface area contributed by atoms with E-state index in [0.717, 1.165) is 31.4 Å². The molecule has 4 unspecified atom stereocenters. The number of hydrogen-bond acceptors (Lipinski definition) is 3. The van der Waals surface area contributed by atoms with E-state index in [4.69, 9.17) is 0 Å². The maximum absolute atomic E-state index is 12.9. The molecular formula is C16H28N2O2S. The zero-order chi connectivity index (χ0) is 15.6. The van der Waals surface area contributed by atoms with E-state index in [9.17, 15) is 9.59 Å². The molecule has 1 aliphatic heterocycles. The van der Waals surface area contributed by atoms with Crippen molar-refractivity contribution >= 4 is 23.6 Å². The van der Waals surface area contributed by atoms with Crippen molar-refractivity contribution in [2.24, 2.45) is 5.92 Å². The minimum atomic E-state index is -0.332. The van der Waals surface area contributed by atoms with Crippen LogP contribution in [0.3, 0.4) is 0 Å². The first kappa shape index (κ1) is 16.7. The molecule has 2 aliphatic rings. The first-order chi connectivity index (χ1) is 9.95. The number of nitrogens with one attached hydrogen (secondary N) is 1. The standard InChI is InChI=1S/C16H28N2O2S/c1-5-21-14-8-6-7-13(14)18-11(4)15(19)17-12(16(18)20)9-10(2)3/h10-14H,5-9H2,1-4H3,(H,17,19). The number of carbonyl (C=O) groups excluding carboxylic acids is 2. The summed E-state index contributed by atoms with van der Waals surface area (Å²) >= 11 is 1.94. The quantitative estimate of drug-likeness (QED) is 0.848. The highest BCUT2D eigenvalue weighted by atomic mass is 32.2. The lowest BCUT2D eigenvalue weighted by atomic mass is 9.97. The van der Waals surface area contributed by atoms with Crippen molar-refractivity contribution in [3.8, 4) is 0 Å². The topological polar surface area (TPSA) is 49.4 Å². The number of amides is 2. The van der Waals surface area contributed by atoms with Crippen LogP contribution in [0, 0.1) is 5.92 Å². The summed E-state index contributed by atoms with van der Waals surface area (Å²) in [5.41, 5.74) is 0. The van der Waals surface area contributed by atoms with E-state index in [-0.39, 0.29) is 29.9 Å². The SMILES string of the molecule is CCSC1CCCC1N1C(=O)C(CC(C)C)NC(=O)C1C. The normalized spacial score (nSPS) is 33.7. The van der Waals surface area contributed by atoms with Gasteiger partial charge in [-0.05, 0) is 37.9 Å². The number of nitrogens with zero attached hydrogens (tertiary/aromatic N) is 1. The molecule has 0 aromatic carbocycles. The van der Waals surface area contributed by atoms with Crippen molar-refractivity contribution < 1.29 is 9.59 Å². The first-order valence-corrected chi connectivity index (χ1v) is 9.24. The minimum Gasteiger partial charge on any atom is -0.343 e. The molecular weight excluding hydrogens is 284 g/mol. The van der Waals surface area contributed by atoms with Gasteiger partial charge in [-0.25, -0.2) is 0 Å². The molecule has 2 rings (SSSR count). The summed E-state index contributed by atoms with van der Waals surface area (Å²) in [6.45, 7) is 8.21. The van der Waals surface area contributed by atoms with Gasteiger partial charge < -0.3 is 10.2 Å². The second-order valence-corrected chi connectivity index (χ2v) is 8.12. The molecule has 1 heterocycles. The van der Waals surface area contributed by atoms with Crippen LogP contribution in [0.25, 0.3) is 0 Å². The van der Waals surface area contributed by atoms with Gasteiger partial charge in [-0.3, -0.25) is 9.59 Å². The van der Waals surface area contributed by atoms with Crippen molar-refractivity contribution in [3.63, 3.8) is 0 Å². The zero-order valence-corrected chi connectivity index (χ0v) is 14.4. The Kier molecular flexibility index (Phi) is 5.58. The second-order valence-electron chi connectivity index (χ2n) is 6.60. The summed E-state index contributed by atoms with van der Waals surface area (Å²) in [4.78, 5) is 27.0. The average Bonchev–Trinajstić information content (AvgIpc) is 2.84. The lowest BCUT2D eigenvalue weighted by Crippen LogP contribution is -2.65. The molecule has 0 bridgehead atoms. The predicted octanol–water partition coefficient (Wildman–Crippen LogP) is 2.42. The summed E-state index contributed by atoms with van der Waals surface area (Å²) < 4.78 is 0. The van der Waals surface area contributed by atoms with Crippen LogP contribution in [-0.2, 0) is 9.59 Å². The molecule has 5 heteroatoms. The Balaban J connectivity index is 2.18. The van der Waals surface area contributed by atoms with Gasteiger partial charge in [0.05, 0.1) is 0 Å². The first-order valence-electron chi connectivity index (χ1n) is 8.19. The van der Waals surface area contributed by atoms with Crippen LogP contribution >= 0.6 is 11.8 Å². The molecule has 1 saturated carbocycles. The molecule has 2 amide bonds. The van der Waals surface area contributed by atoms with E-state index in [2.05, 4.69) is 26.1 Å². The molecule has 21 heavy (non-hydrogen) atoms. The summed E-state index contributed by atoms with van der Waals surface area (Å²) in [6.07, 6.45) is 4.09. The molecule has 0 aromatic heterocycles. The maximum Gasteiger partial charge on any atom is 0.246 e. The van der Waals surface area contributed by atoms with Gasteiger partial charge in [-0.1, -0.05) is 27.2 Å². The lowest BCUT2D eigenvalue weighted by Gasteiger charge is -2.43. The molecule has 4 nitrogen and oxygen atoms in total. The Morgan fingerprint density at radius 2 is 2.05 bits per heavy atom. The second kappa shape index (κ2) is 7.03. The van der Waals surface area contributed by atoms with E-state index in [0.29, 0.717) is 11.2 Å². The summed E-state index contributed by atoms with van der Waals surface area (Å²) in [5.74, 6) is 1.61. The van der Waals surface area contributed by atoms with Gasteiger partial charge in [0, 0.05) is 11.3 Å². The molecule has 2 fully saturated rings. The van der Waals surface area contributed by atoms with E-state index >= 15 is 0 Å². The Bertz CT molecular complexity index is 400. The number of carbonyl (C=O) groups is 2. The van der Waals surface area contributed by atoms with Gasteiger partial charge in [0.1, 0.15) is 12.1 Å². The van der Waals surface area contributed by atoms with Crippen molar-refractivity contribution in [2.75, 3.05) is 5.75 Å². The lowest BCUT2D eigenvalue weighted by molar-refractivity contribution is -0.151. The Morgan fingerprint density at radius 3 is 2.67 bits per heavy atom.